The Kier molecular flexibility index (Phi) is 20.6. The van der Waals surface area contributed by atoms with E-state index in [1.807, 2.05) is 25.1 Å². The van der Waals surface area contributed by atoms with Crippen LogP contribution in [0.4, 0.5) is 23.7 Å². The molecule has 17 nitrogen and oxygen atoms in total. The van der Waals surface area contributed by atoms with E-state index in [0.29, 0.717) is 24.2 Å². The predicted octanol–water partition coefficient (Wildman–Crippen LogP) is 5.41. The molecule has 0 aromatic heterocycles. The second kappa shape index (κ2) is 24.9. The number of cyclic esters (lactones) is 1. The molecule has 3 aliphatic heterocycles. The van der Waals surface area contributed by atoms with Crippen LogP contribution in [0.3, 0.4) is 0 Å². The Bertz CT molecular complexity index is 2110. The van der Waals surface area contributed by atoms with Gasteiger partial charge in [0.2, 0.25) is 0 Å². The molecule has 0 bridgehead atoms. The van der Waals surface area contributed by atoms with Crippen LogP contribution in [-0.2, 0) is 45.8 Å². The van der Waals surface area contributed by atoms with Gasteiger partial charge in [-0.3, -0.25) is 9.69 Å². The Hall–Kier alpha value is -3.51. The number of carbonyl (C=O) groups is 2. The van der Waals surface area contributed by atoms with E-state index in [9.17, 15) is 48.3 Å². The van der Waals surface area contributed by atoms with Crippen LogP contribution in [0.15, 0.2) is 54.6 Å². The maximum atomic E-state index is 14.6. The lowest BCUT2D eigenvalue weighted by atomic mass is 9.75. The second-order valence-corrected chi connectivity index (χ2v) is 22.0. The van der Waals surface area contributed by atoms with Crippen molar-refractivity contribution in [3.05, 3.63) is 65.7 Å². The average molecular weight is 1060 g/mol. The zero-order chi connectivity index (χ0) is 55.3. The summed E-state index contributed by atoms with van der Waals surface area (Å²) in [6.07, 6.45) is -14.3. The molecule has 20 heteroatoms. The van der Waals surface area contributed by atoms with Crippen molar-refractivity contribution in [1.29, 1.82) is 0 Å². The van der Waals surface area contributed by atoms with Gasteiger partial charge in [-0.15, -0.1) is 0 Å². The highest BCUT2D eigenvalue weighted by atomic mass is 19.4. The SMILES string of the molecule is CC[C@H]1OC(=O)[C@H](C)[C@@H](O[C@H]2C[C@@](C)(OC)[C@](O)(CNCCc3ccc(C(F)(F)F)cc3)[C@H](C)O2)[C@H](C)[C@@H](O[C@@H]2O[C@H](C)C[C@H](N(C)C(=O)N(C)c3ccccc3)[C@H]2O)[C@](C)(O)C[C@@H](C)CN[C@H](C)[C@@H](O)[C@]1(C)O. The zero-order valence-electron chi connectivity index (χ0n) is 45.5. The highest BCUT2D eigenvalue weighted by Crippen LogP contribution is 2.43. The number of alkyl halides is 3. The van der Waals surface area contributed by atoms with Crippen molar-refractivity contribution in [1.82, 2.24) is 15.5 Å². The highest BCUT2D eigenvalue weighted by Gasteiger charge is 2.58. The van der Waals surface area contributed by atoms with Gasteiger partial charge in [-0.1, -0.05) is 51.1 Å². The summed E-state index contributed by atoms with van der Waals surface area (Å²) in [6.45, 7) is 17.3. The number of ether oxygens (including phenoxy) is 6. The number of amides is 2. The molecule has 420 valence electrons. The molecule has 7 N–H and O–H groups in total. The van der Waals surface area contributed by atoms with Crippen LogP contribution < -0.4 is 15.5 Å². The molecule has 0 saturated carbocycles. The zero-order valence-corrected chi connectivity index (χ0v) is 45.5. The number of carbonyl (C=O) groups excluding carboxylic acids is 2. The van der Waals surface area contributed by atoms with Gasteiger partial charge in [-0.2, -0.15) is 13.2 Å². The Labute approximate surface area is 435 Å². The Balaban J connectivity index is 1.49. The molecule has 0 unspecified atom stereocenters. The number of rotatable bonds is 13. The average Bonchev–Trinajstić information content (AvgIpc) is 3.35. The van der Waals surface area contributed by atoms with Crippen LogP contribution in [0.2, 0.25) is 0 Å². The number of para-hydroxylation sites is 1. The first-order chi connectivity index (χ1) is 34.4. The molecule has 3 saturated heterocycles. The standard InChI is InChI=1S/C54H85F3N4O13/c1-14-41-52(10,67)45(63)35(6)59-29-31(2)27-50(8,66)46(74-48-43(62)40(26-32(3)70-48)61(12)49(65)60(11)39-18-16-15-17-19-39)33(4)44(34(5)47(64)72-41)73-42-28-51(9,69-13)53(68,36(7)71-42)30-58-25-24-37-20-22-38(23-21-37)54(55,56)57/h15-23,31-36,40-46,48,58-59,62-63,66-68H,14,24-30H2,1-13H3/t31-,32-,33+,34-,35-,36+,40+,41-,42+,43-,44+,45-,46-,48+,50-,51-,52-,53+/m1/s1. The second-order valence-electron chi connectivity index (χ2n) is 22.0. The number of hydrogen-bond acceptors (Lipinski definition) is 15. The van der Waals surface area contributed by atoms with Gasteiger partial charge in [0.1, 0.15) is 35.1 Å². The van der Waals surface area contributed by atoms with Gasteiger partial charge in [0.15, 0.2) is 12.6 Å². The lowest BCUT2D eigenvalue weighted by molar-refractivity contribution is -0.336. The molecule has 2 aromatic rings. The number of benzene rings is 2. The van der Waals surface area contributed by atoms with Gasteiger partial charge in [-0.05, 0) is 123 Å². The number of anilines is 1. The van der Waals surface area contributed by atoms with Crippen molar-refractivity contribution < 1.29 is 76.7 Å². The molecule has 0 radical (unpaired) electrons. The molecule has 18 atom stereocenters. The molecule has 74 heavy (non-hydrogen) atoms. The van der Waals surface area contributed by atoms with E-state index in [1.165, 1.54) is 36.0 Å². The van der Waals surface area contributed by atoms with Crippen molar-refractivity contribution in [2.24, 2.45) is 17.8 Å². The number of halogens is 3. The number of likely N-dealkylation sites (N-methyl/N-ethyl adjacent to an activating group) is 1. The predicted molar refractivity (Wildman–Crippen MR) is 271 cm³/mol. The van der Waals surface area contributed by atoms with Crippen LogP contribution in [0.5, 0.6) is 0 Å². The van der Waals surface area contributed by atoms with Crippen molar-refractivity contribution in [2.75, 3.05) is 45.7 Å². The van der Waals surface area contributed by atoms with Crippen LogP contribution in [0.1, 0.15) is 106 Å². The molecule has 3 aliphatic rings. The van der Waals surface area contributed by atoms with E-state index in [4.69, 9.17) is 28.4 Å². The van der Waals surface area contributed by atoms with E-state index in [0.717, 1.165) is 12.1 Å². The van der Waals surface area contributed by atoms with Crippen LogP contribution in [0, 0.1) is 17.8 Å². The summed E-state index contributed by atoms with van der Waals surface area (Å²) in [5.74, 6) is -3.25. The largest absolute Gasteiger partial charge is 0.459 e. The van der Waals surface area contributed by atoms with Gasteiger partial charge < -0.3 is 69.5 Å². The van der Waals surface area contributed by atoms with Crippen LogP contribution >= 0.6 is 0 Å². The Morgan fingerprint density at radius 3 is 2.15 bits per heavy atom. The molecular weight excluding hydrogens is 970 g/mol. The van der Waals surface area contributed by atoms with Crippen molar-refractivity contribution in [3.8, 4) is 0 Å². The molecular formula is C54H85F3N4O13. The highest BCUT2D eigenvalue weighted by molar-refractivity contribution is 5.91. The van der Waals surface area contributed by atoms with E-state index < -0.39 is 119 Å². The minimum Gasteiger partial charge on any atom is -0.459 e. The molecule has 3 fully saturated rings. The number of nitrogens with one attached hydrogen (secondary N) is 2. The maximum absolute atomic E-state index is 14.6. The van der Waals surface area contributed by atoms with Gasteiger partial charge in [0, 0.05) is 51.8 Å². The van der Waals surface area contributed by atoms with Gasteiger partial charge in [0.05, 0.1) is 47.5 Å². The first kappa shape index (κ1) is 61.3. The fourth-order valence-corrected chi connectivity index (χ4v) is 11.1. The minimum atomic E-state index is -4.46. The smallest absolute Gasteiger partial charge is 0.416 e. The summed E-state index contributed by atoms with van der Waals surface area (Å²) in [6, 6.07) is 12.1. The lowest BCUT2D eigenvalue weighted by Gasteiger charge is -2.53. The summed E-state index contributed by atoms with van der Waals surface area (Å²) in [5.41, 5.74) is -6.17. The Morgan fingerprint density at radius 2 is 1.55 bits per heavy atom. The van der Waals surface area contributed by atoms with Gasteiger partial charge >= 0.3 is 18.2 Å². The summed E-state index contributed by atoms with van der Waals surface area (Å²) in [5, 5.41) is 67.2. The lowest BCUT2D eigenvalue weighted by Crippen LogP contribution is -2.70. The number of urea groups is 1. The normalized spacial score (nSPS) is 39.1. The fraction of sp³-hybridized carbons (Fsp3) is 0.741. The van der Waals surface area contributed by atoms with Gasteiger partial charge in [-0.25, -0.2) is 4.79 Å². The fourth-order valence-electron chi connectivity index (χ4n) is 11.1. The number of methoxy groups -OCH3 is 1. The van der Waals surface area contributed by atoms with E-state index in [1.54, 1.807) is 81.6 Å². The number of hydrogen-bond donors (Lipinski definition) is 7. The van der Waals surface area contributed by atoms with Crippen molar-refractivity contribution >= 4 is 17.7 Å². The van der Waals surface area contributed by atoms with Crippen molar-refractivity contribution in [3.63, 3.8) is 0 Å². The minimum absolute atomic E-state index is 0.0461. The molecule has 0 spiro atoms. The third-order valence-corrected chi connectivity index (χ3v) is 16.0. The first-order valence-corrected chi connectivity index (χ1v) is 26.0. The molecule has 0 aliphatic carbocycles. The topological polar surface area (TPSA) is 221 Å². The number of aliphatic hydroxyl groups excluding tert-OH is 2. The number of esters is 1. The third-order valence-electron chi connectivity index (χ3n) is 16.0. The first-order valence-electron chi connectivity index (χ1n) is 26.0. The molecule has 3 heterocycles. The summed E-state index contributed by atoms with van der Waals surface area (Å²) in [4.78, 5) is 31.5. The van der Waals surface area contributed by atoms with E-state index in [-0.39, 0.29) is 50.7 Å². The number of nitrogens with zero attached hydrogens (tertiary/aromatic N) is 2. The summed E-state index contributed by atoms with van der Waals surface area (Å²) in [7, 11) is 4.67. The van der Waals surface area contributed by atoms with Crippen molar-refractivity contribution in [2.45, 2.75) is 197 Å². The molecule has 5 rings (SSSR count). The molecule has 2 aromatic carbocycles. The monoisotopic (exact) mass is 1050 g/mol. The molecule has 2 amide bonds. The van der Waals surface area contributed by atoms with Crippen LogP contribution in [0.25, 0.3) is 0 Å². The van der Waals surface area contributed by atoms with E-state index >= 15 is 0 Å². The quantitative estimate of drug-likeness (QED) is 0.0986. The third kappa shape index (κ3) is 14.0. The number of aliphatic hydroxyl groups is 5. The maximum Gasteiger partial charge on any atom is 0.416 e. The summed E-state index contributed by atoms with van der Waals surface area (Å²) >= 11 is 0. The van der Waals surface area contributed by atoms with Gasteiger partial charge in [0.25, 0.3) is 0 Å². The van der Waals surface area contributed by atoms with E-state index in [2.05, 4.69) is 10.6 Å². The Morgan fingerprint density at radius 1 is 0.919 bits per heavy atom. The van der Waals surface area contributed by atoms with Crippen LogP contribution in [-0.4, -0.2) is 173 Å². The summed E-state index contributed by atoms with van der Waals surface area (Å²) < 4.78 is 78.2.